The van der Waals surface area contributed by atoms with Crippen LogP contribution in [0.3, 0.4) is 0 Å². The molecule has 2 rings (SSSR count). The summed E-state index contributed by atoms with van der Waals surface area (Å²) < 4.78 is 2.05. The van der Waals surface area contributed by atoms with E-state index in [2.05, 4.69) is 9.88 Å². The van der Waals surface area contributed by atoms with Gasteiger partial charge < -0.3 is 15.6 Å². The van der Waals surface area contributed by atoms with E-state index in [1.165, 1.54) is 0 Å². The number of hydrogen-bond acceptors (Lipinski definition) is 2. The molecule has 1 amide bonds. The summed E-state index contributed by atoms with van der Waals surface area (Å²) in [6, 6.07) is 8.08. The number of nitrogens with two attached hydrogens (primary N) is 1. The lowest BCUT2D eigenvalue weighted by molar-refractivity contribution is -0.121. The van der Waals surface area contributed by atoms with Crippen LogP contribution in [0.15, 0.2) is 30.5 Å². The van der Waals surface area contributed by atoms with Gasteiger partial charge in [0.15, 0.2) is 0 Å². The Balaban J connectivity index is 2.16. The molecule has 0 bridgehead atoms. The van der Waals surface area contributed by atoms with Crippen LogP contribution in [0.5, 0.6) is 0 Å². The first kappa shape index (κ1) is 14.5. The van der Waals surface area contributed by atoms with Crippen LogP contribution in [0, 0.1) is 0 Å². The van der Waals surface area contributed by atoms with Crippen molar-refractivity contribution in [2.24, 2.45) is 5.73 Å². The SMILES string of the molecule is CC(C)NC(=O)CCn1ccc2ccc(C(N)=S)cc21. The molecule has 0 aliphatic rings. The fourth-order valence-corrected chi connectivity index (χ4v) is 2.28. The molecule has 0 aliphatic heterocycles. The molecule has 1 aromatic heterocycles. The highest BCUT2D eigenvalue weighted by atomic mass is 32.1. The summed E-state index contributed by atoms with van der Waals surface area (Å²) >= 11 is 5.00. The molecule has 20 heavy (non-hydrogen) atoms. The Morgan fingerprint density at radius 1 is 1.40 bits per heavy atom. The highest BCUT2D eigenvalue weighted by Gasteiger charge is 2.07. The Morgan fingerprint density at radius 2 is 2.15 bits per heavy atom. The maximum absolute atomic E-state index is 11.7. The van der Waals surface area contributed by atoms with Gasteiger partial charge in [0.2, 0.25) is 5.91 Å². The predicted octanol–water partition coefficient (Wildman–Crippen LogP) is 2.19. The van der Waals surface area contributed by atoms with Crippen LogP contribution in [0.1, 0.15) is 25.8 Å². The highest BCUT2D eigenvalue weighted by molar-refractivity contribution is 7.80. The summed E-state index contributed by atoms with van der Waals surface area (Å²) in [6.07, 6.45) is 2.44. The minimum absolute atomic E-state index is 0.0624. The standard InChI is InChI=1S/C15H19N3OS/c1-10(2)17-14(19)6-8-18-7-5-11-3-4-12(15(16)20)9-13(11)18/h3-5,7,9-10H,6,8H2,1-2H3,(H2,16,20)(H,17,19). The number of amides is 1. The zero-order chi connectivity index (χ0) is 14.7. The van der Waals surface area contributed by atoms with Gasteiger partial charge in [-0.05, 0) is 31.4 Å². The first-order valence-electron chi connectivity index (χ1n) is 6.65. The van der Waals surface area contributed by atoms with Gasteiger partial charge in [0.1, 0.15) is 4.99 Å². The van der Waals surface area contributed by atoms with Crippen molar-refractivity contribution in [1.29, 1.82) is 0 Å². The zero-order valence-electron chi connectivity index (χ0n) is 11.7. The summed E-state index contributed by atoms with van der Waals surface area (Å²) in [5.41, 5.74) is 7.55. The normalized spacial score (nSPS) is 10.9. The van der Waals surface area contributed by atoms with Gasteiger partial charge >= 0.3 is 0 Å². The topological polar surface area (TPSA) is 60.0 Å². The number of aryl methyl sites for hydroxylation is 1. The van der Waals surface area contributed by atoms with E-state index in [-0.39, 0.29) is 11.9 Å². The summed E-state index contributed by atoms with van der Waals surface area (Å²) in [6.45, 7) is 4.55. The van der Waals surface area contributed by atoms with Crippen LogP contribution in [0.2, 0.25) is 0 Å². The number of nitrogens with one attached hydrogen (secondary N) is 1. The Morgan fingerprint density at radius 3 is 2.80 bits per heavy atom. The number of aromatic nitrogens is 1. The molecule has 0 saturated carbocycles. The van der Waals surface area contributed by atoms with Gasteiger partial charge in [-0.25, -0.2) is 0 Å². The second-order valence-electron chi connectivity index (χ2n) is 5.12. The van der Waals surface area contributed by atoms with Crippen LogP contribution < -0.4 is 11.1 Å². The molecule has 4 nitrogen and oxygen atoms in total. The number of carbonyl (C=O) groups is 1. The number of thiocarbonyl (C=S) groups is 1. The third-order valence-electron chi connectivity index (χ3n) is 3.09. The van der Waals surface area contributed by atoms with E-state index in [0.29, 0.717) is 18.0 Å². The van der Waals surface area contributed by atoms with Crippen molar-refractivity contribution in [1.82, 2.24) is 9.88 Å². The maximum atomic E-state index is 11.7. The molecule has 5 heteroatoms. The Bertz CT molecular complexity index is 646. The molecular formula is C15H19N3OS. The number of benzene rings is 1. The molecule has 1 aromatic carbocycles. The average Bonchev–Trinajstić information content (AvgIpc) is 2.77. The van der Waals surface area contributed by atoms with E-state index in [1.54, 1.807) is 0 Å². The van der Waals surface area contributed by atoms with Gasteiger partial charge in [-0.15, -0.1) is 0 Å². The van der Waals surface area contributed by atoms with Crippen molar-refractivity contribution in [3.8, 4) is 0 Å². The number of nitrogens with zero attached hydrogens (tertiary/aromatic N) is 1. The first-order chi connectivity index (χ1) is 9.47. The van der Waals surface area contributed by atoms with E-state index in [0.717, 1.165) is 16.5 Å². The van der Waals surface area contributed by atoms with E-state index in [4.69, 9.17) is 18.0 Å². The number of rotatable bonds is 5. The molecule has 3 N–H and O–H groups in total. The van der Waals surface area contributed by atoms with Gasteiger partial charge in [0, 0.05) is 36.3 Å². The van der Waals surface area contributed by atoms with E-state index in [1.807, 2.05) is 44.3 Å². The first-order valence-corrected chi connectivity index (χ1v) is 7.06. The largest absolute Gasteiger partial charge is 0.389 e. The van der Waals surface area contributed by atoms with Crippen molar-refractivity contribution in [2.45, 2.75) is 32.9 Å². The second kappa shape index (κ2) is 6.05. The molecule has 0 saturated heterocycles. The number of carbonyl (C=O) groups excluding carboxylic acids is 1. The lowest BCUT2D eigenvalue weighted by atomic mass is 10.1. The Kier molecular flexibility index (Phi) is 4.39. The van der Waals surface area contributed by atoms with Gasteiger partial charge in [0.05, 0.1) is 0 Å². The van der Waals surface area contributed by atoms with Crippen molar-refractivity contribution in [3.63, 3.8) is 0 Å². The fraction of sp³-hybridized carbons (Fsp3) is 0.333. The molecular weight excluding hydrogens is 270 g/mol. The lowest BCUT2D eigenvalue weighted by Crippen LogP contribution is -2.30. The van der Waals surface area contributed by atoms with Gasteiger partial charge in [-0.3, -0.25) is 4.79 Å². The van der Waals surface area contributed by atoms with Crippen LogP contribution in [-0.4, -0.2) is 21.5 Å². The van der Waals surface area contributed by atoms with Gasteiger partial charge in [-0.2, -0.15) is 0 Å². The fourth-order valence-electron chi connectivity index (χ4n) is 2.15. The summed E-state index contributed by atoms with van der Waals surface area (Å²) in [5.74, 6) is 0.0624. The molecule has 106 valence electrons. The average molecular weight is 289 g/mol. The van der Waals surface area contributed by atoms with Crippen molar-refractivity contribution >= 4 is 34.0 Å². The number of hydrogen-bond donors (Lipinski definition) is 2. The summed E-state index contributed by atoms with van der Waals surface area (Å²) in [4.78, 5) is 12.1. The van der Waals surface area contributed by atoms with Gasteiger partial charge in [-0.1, -0.05) is 24.4 Å². The third kappa shape index (κ3) is 3.36. The van der Waals surface area contributed by atoms with Crippen molar-refractivity contribution in [3.05, 3.63) is 36.0 Å². The summed E-state index contributed by atoms with van der Waals surface area (Å²) in [7, 11) is 0. The molecule has 0 fully saturated rings. The molecule has 0 radical (unpaired) electrons. The monoisotopic (exact) mass is 289 g/mol. The van der Waals surface area contributed by atoms with E-state index in [9.17, 15) is 4.79 Å². The number of fused-ring (bicyclic) bond motifs is 1. The molecule has 0 atom stereocenters. The minimum atomic E-state index is 0.0624. The van der Waals surface area contributed by atoms with Crippen LogP contribution in [-0.2, 0) is 11.3 Å². The molecule has 2 aromatic rings. The quantitative estimate of drug-likeness (QED) is 0.830. The Labute approximate surface area is 123 Å². The predicted molar refractivity (Wildman–Crippen MR) is 85.7 cm³/mol. The van der Waals surface area contributed by atoms with Crippen LogP contribution in [0.4, 0.5) is 0 Å². The smallest absolute Gasteiger partial charge is 0.221 e. The zero-order valence-corrected chi connectivity index (χ0v) is 12.5. The van der Waals surface area contributed by atoms with Crippen LogP contribution in [0.25, 0.3) is 10.9 Å². The molecule has 0 unspecified atom stereocenters. The molecule has 0 spiro atoms. The summed E-state index contributed by atoms with van der Waals surface area (Å²) in [5, 5.41) is 4.01. The van der Waals surface area contributed by atoms with Gasteiger partial charge in [0.25, 0.3) is 0 Å². The molecule has 0 aliphatic carbocycles. The maximum Gasteiger partial charge on any atom is 0.221 e. The highest BCUT2D eigenvalue weighted by Crippen LogP contribution is 2.18. The third-order valence-corrected chi connectivity index (χ3v) is 3.32. The van der Waals surface area contributed by atoms with Crippen LogP contribution >= 0.6 is 12.2 Å². The van der Waals surface area contributed by atoms with E-state index >= 15 is 0 Å². The lowest BCUT2D eigenvalue weighted by Gasteiger charge is -2.10. The minimum Gasteiger partial charge on any atom is -0.389 e. The van der Waals surface area contributed by atoms with E-state index < -0.39 is 0 Å². The van der Waals surface area contributed by atoms with Crippen molar-refractivity contribution < 1.29 is 4.79 Å². The van der Waals surface area contributed by atoms with Crippen molar-refractivity contribution in [2.75, 3.05) is 0 Å². The Hall–Kier alpha value is -1.88. The molecule has 1 heterocycles. The second-order valence-corrected chi connectivity index (χ2v) is 5.56.